The van der Waals surface area contributed by atoms with Crippen molar-refractivity contribution in [3.05, 3.63) is 0 Å². The monoisotopic (exact) mass is 259 g/mol. The fourth-order valence-electron chi connectivity index (χ4n) is 1.68. The van der Waals surface area contributed by atoms with Crippen molar-refractivity contribution in [3.63, 3.8) is 0 Å². The molecule has 1 aliphatic rings. The Hall–Kier alpha value is -1.14. The van der Waals surface area contributed by atoms with E-state index in [9.17, 15) is 9.59 Å². The maximum Gasteiger partial charge on any atom is 0.303 e. The second-order valence-electron chi connectivity index (χ2n) is 5.26. The van der Waals surface area contributed by atoms with Crippen LogP contribution in [0.3, 0.4) is 0 Å². The first-order valence-corrected chi connectivity index (χ1v) is 6.07. The molecule has 1 heterocycles. The molecule has 0 radical (unpaired) electrons. The lowest BCUT2D eigenvalue weighted by Crippen LogP contribution is -2.48. The van der Waals surface area contributed by atoms with E-state index >= 15 is 0 Å². The molecule has 0 aromatic rings. The van der Waals surface area contributed by atoms with Gasteiger partial charge in [0.2, 0.25) is 5.91 Å². The van der Waals surface area contributed by atoms with Crippen LogP contribution in [-0.2, 0) is 19.1 Å². The number of morpholine rings is 1. The van der Waals surface area contributed by atoms with E-state index in [2.05, 4.69) is 0 Å². The quantitative estimate of drug-likeness (QED) is 0.810. The van der Waals surface area contributed by atoms with E-state index in [0.717, 1.165) is 0 Å². The maximum absolute atomic E-state index is 11.8. The first-order valence-electron chi connectivity index (χ1n) is 6.07. The van der Waals surface area contributed by atoms with Crippen molar-refractivity contribution in [2.24, 2.45) is 0 Å². The van der Waals surface area contributed by atoms with Gasteiger partial charge in [-0.2, -0.15) is 0 Å². The zero-order valence-corrected chi connectivity index (χ0v) is 11.1. The number of rotatable bonds is 4. The third kappa shape index (κ3) is 5.46. The molecule has 0 saturated carbocycles. The van der Waals surface area contributed by atoms with E-state index in [4.69, 9.17) is 14.6 Å². The van der Waals surface area contributed by atoms with E-state index < -0.39 is 12.3 Å². The molecular formula is C12H21NO5. The van der Waals surface area contributed by atoms with Crippen LogP contribution in [0.25, 0.3) is 0 Å². The molecule has 1 rings (SSSR count). The van der Waals surface area contributed by atoms with Gasteiger partial charge in [0.15, 0.2) is 6.29 Å². The molecule has 1 N–H and O–H groups in total. The van der Waals surface area contributed by atoms with Crippen molar-refractivity contribution >= 4 is 11.9 Å². The number of nitrogens with zero attached hydrogens (tertiary/aromatic N) is 1. The Bertz CT molecular complexity index is 310. The summed E-state index contributed by atoms with van der Waals surface area (Å²) in [4.78, 5) is 23.8. The van der Waals surface area contributed by atoms with E-state index in [-0.39, 0.29) is 24.3 Å². The maximum atomic E-state index is 11.8. The molecule has 0 bridgehead atoms. The van der Waals surface area contributed by atoms with Gasteiger partial charge in [0.05, 0.1) is 25.2 Å². The number of carboxylic acid groups (broad SMARTS) is 1. The molecule has 104 valence electrons. The normalized spacial score (nSPS) is 20.8. The number of carbonyl (C=O) groups is 2. The molecular weight excluding hydrogens is 238 g/mol. The van der Waals surface area contributed by atoms with Crippen LogP contribution >= 0.6 is 0 Å². The molecule has 1 fully saturated rings. The van der Waals surface area contributed by atoms with E-state index in [1.165, 1.54) is 0 Å². The Labute approximate surface area is 107 Å². The van der Waals surface area contributed by atoms with Crippen LogP contribution in [-0.4, -0.2) is 53.5 Å². The molecule has 18 heavy (non-hydrogen) atoms. The molecule has 6 heteroatoms. The topological polar surface area (TPSA) is 76.1 Å². The molecule has 0 aromatic carbocycles. The number of hydrogen-bond donors (Lipinski definition) is 1. The zero-order valence-electron chi connectivity index (χ0n) is 11.1. The standard InChI is InChI=1S/C12H21NO5/c1-12(2,3)18-11-8-13(6-7-17-11)9(14)4-5-10(15)16/h11H,4-8H2,1-3H3,(H,15,16)/t11-/m0/s1. The number of hydrogen-bond acceptors (Lipinski definition) is 4. The lowest BCUT2D eigenvalue weighted by molar-refractivity contribution is -0.222. The van der Waals surface area contributed by atoms with Crippen molar-refractivity contribution in [2.45, 2.75) is 45.5 Å². The van der Waals surface area contributed by atoms with Crippen LogP contribution < -0.4 is 0 Å². The molecule has 1 amide bonds. The number of ether oxygens (including phenoxy) is 2. The molecule has 1 atom stereocenters. The number of carbonyl (C=O) groups excluding carboxylic acids is 1. The summed E-state index contributed by atoms with van der Waals surface area (Å²) in [7, 11) is 0. The summed E-state index contributed by atoms with van der Waals surface area (Å²) in [5.41, 5.74) is -0.336. The molecule has 0 unspecified atom stereocenters. The molecule has 0 aromatic heterocycles. The highest BCUT2D eigenvalue weighted by atomic mass is 16.7. The first-order chi connectivity index (χ1) is 8.28. The summed E-state index contributed by atoms with van der Waals surface area (Å²) in [5.74, 6) is -1.12. The van der Waals surface area contributed by atoms with Crippen LogP contribution in [0.1, 0.15) is 33.6 Å². The minimum Gasteiger partial charge on any atom is -0.481 e. The molecule has 1 aliphatic heterocycles. The third-order valence-electron chi connectivity index (χ3n) is 2.42. The third-order valence-corrected chi connectivity index (χ3v) is 2.42. The number of amides is 1. The SMILES string of the molecule is CC(C)(C)O[C@H]1CN(C(=O)CCC(=O)O)CCO1. The molecule has 1 saturated heterocycles. The summed E-state index contributed by atoms with van der Waals surface area (Å²) < 4.78 is 11.1. The van der Waals surface area contributed by atoms with Gasteiger partial charge in [-0.05, 0) is 20.8 Å². The lowest BCUT2D eigenvalue weighted by Gasteiger charge is -2.36. The Kier molecular flexibility index (Phi) is 5.10. The Morgan fingerprint density at radius 1 is 1.39 bits per heavy atom. The fourth-order valence-corrected chi connectivity index (χ4v) is 1.68. The molecule has 6 nitrogen and oxygen atoms in total. The Morgan fingerprint density at radius 3 is 2.61 bits per heavy atom. The second kappa shape index (κ2) is 6.15. The van der Waals surface area contributed by atoms with Gasteiger partial charge >= 0.3 is 5.97 Å². The van der Waals surface area contributed by atoms with Crippen LogP contribution in [0.15, 0.2) is 0 Å². The van der Waals surface area contributed by atoms with Crippen LogP contribution in [0.4, 0.5) is 0 Å². The van der Waals surface area contributed by atoms with Gasteiger partial charge in [-0.1, -0.05) is 0 Å². The molecule has 0 spiro atoms. The highest BCUT2D eigenvalue weighted by molar-refractivity contribution is 5.80. The van der Waals surface area contributed by atoms with Gasteiger partial charge in [-0.3, -0.25) is 9.59 Å². The minimum absolute atomic E-state index is 0.0254. The highest BCUT2D eigenvalue weighted by Crippen LogP contribution is 2.16. The predicted molar refractivity (Wildman–Crippen MR) is 64.0 cm³/mol. The summed E-state index contributed by atoms with van der Waals surface area (Å²) in [5, 5.41) is 8.55. The largest absolute Gasteiger partial charge is 0.481 e. The van der Waals surface area contributed by atoms with Crippen molar-refractivity contribution in [2.75, 3.05) is 19.7 Å². The van der Waals surface area contributed by atoms with E-state index in [1.54, 1.807) is 4.90 Å². The van der Waals surface area contributed by atoms with Gasteiger partial charge < -0.3 is 19.5 Å². The van der Waals surface area contributed by atoms with E-state index in [0.29, 0.717) is 19.7 Å². The van der Waals surface area contributed by atoms with Crippen molar-refractivity contribution in [1.29, 1.82) is 0 Å². The summed E-state index contributed by atoms with van der Waals surface area (Å²) >= 11 is 0. The summed E-state index contributed by atoms with van der Waals surface area (Å²) in [6.45, 7) is 7.02. The van der Waals surface area contributed by atoms with Crippen molar-refractivity contribution < 1.29 is 24.2 Å². The average molecular weight is 259 g/mol. The summed E-state index contributed by atoms with van der Waals surface area (Å²) in [6, 6.07) is 0. The lowest BCUT2D eigenvalue weighted by atomic mass is 10.2. The Balaban J connectivity index is 2.43. The van der Waals surface area contributed by atoms with Crippen molar-refractivity contribution in [3.8, 4) is 0 Å². The van der Waals surface area contributed by atoms with Gasteiger partial charge in [0, 0.05) is 13.0 Å². The predicted octanol–water partition coefficient (Wildman–Crippen LogP) is 0.851. The Morgan fingerprint density at radius 2 is 2.06 bits per heavy atom. The van der Waals surface area contributed by atoms with Crippen LogP contribution in [0.2, 0.25) is 0 Å². The zero-order chi connectivity index (χ0) is 13.8. The van der Waals surface area contributed by atoms with Gasteiger partial charge in [0.1, 0.15) is 0 Å². The second-order valence-corrected chi connectivity index (χ2v) is 5.26. The first kappa shape index (κ1) is 14.9. The highest BCUT2D eigenvalue weighted by Gasteiger charge is 2.28. The van der Waals surface area contributed by atoms with Gasteiger partial charge in [0.25, 0.3) is 0 Å². The van der Waals surface area contributed by atoms with Crippen LogP contribution in [0.5, 0.6) is 0 Å². The average Bonchev–Trinajstić information content (AvgIpc) is 2.23. The van der Waals surface area contributed by atoms with Gasteiger partial charge in [-0.15, -0.1) is 0 Å². The van der Waals surface area contributed by atoms with Crippen LogP contribution in [0, 0.1) is 0 Å². The van der Waals surface area contributed by atoms with E-state index in [1.807, 2.05) is 20.8 Å². The van der Waals surface area contributed by atoms with Crippen molar-refractivity contribution in [1.82, 2.24) is 4.90 Å². The minimum atomic E-state index is -0.959. The number of carboxylic acids is 1. The van der Waals surface area contributed by atoms with Gasteiger partial charge in [-0.25, -0.2) is 0 Å². The summed E-state index contributed by atoms with van der Waals surface area (Å²) in [6.07, 6.45) is -0.550. The smallest absolute Gasteiger partial charge is 0.303 e. The molecule has 0 aliphatic carbocycles. The number of aliphatic carboxylic acids is 1. The fraction of sp³-hybridized carbons (Fsp3) is 0.833.